The molecule has 1 N–H and O–H groups in total. The third-order valence-corrected chi connectivity index (χ3v) is 6.17. The van der Waals surface area contributed by atoms with Gasteiger partial charge in [0.25, 0.3) is 5.91 Å². The number of aromatic nitrogens is 1. The molecule has 1 aliphatic heterocycles. The van der Waals surface area contributed by atoms with Gasteiger partial charge in [-0.15, -0.1) is 0 Å². The average Bonchev–Trinajstić information content (AvgIpc) is 2.82. The van der Waals surface area contributed by atoms with Crippen LogP contribution < -0.4 is 10.2 Å². The lowest BCUT2D eigenvalue weighted by atomic mass is 10.2. The lowest BCUT2D eigenvalue weighted by molar-refractivity contribution is 0.102. The van der Waals surface area contributed by atoms with E-state index in [0.29, 0.717) is 15.7 Å². The van der Waals surface area contributed by atoms with Gasteiger partial charge in [-0.3, -0.25) is 9.69 Å². The molecule has 0 spiro atoms. The van der Waals surface area contributed by atoms with Crippen molar-refractivity contribution < 1.29 is 4.79 Å². The van der Waals surface area contributed by atoms with E-state index in [2.05, 4.69) is 32.3 Å². The van der Waals surface area contributed by atoms with E-state index in [1.54, 1.807) is 18.2 Å². The number of carbonyl (C=O) groups excluding carboxylic acids is 1. The van der Waals surface area contributed by atoms with Crippen molar-refractivity contribution >= 4 is 58.2 Å². The quantitative estimate of drug-likeness (QED) is 0.413. The SMILES string of the molecule is O=C(Nc1ccc(Cl)cc1N1CCN(C/C=C/c2ccc(Cl)cc2)CC1)c1ccc(Cl)nc1. The minimum Gasteiger partial charge on any atom is -0.367 e. The standard InChI is InChI=1S/C25H23Cl3N4O/c26-20-6-3-18(4-7-20)2-1-11-31-12-14-32(15-13-31)23-16-21(27)8-9-22(23)30-25(33)19-5-10-24(28)29-17-19/h1-10,16-17H,11-15H2,(H,30,33)/b2-1+. The number of amides is 1. The van der Waals surface area contributed by atoms with Crippen LogP contribution in [0.4, 0.5) is 11.4 Å². The van der Waals surface area contributed by atoms with Crippen molar-refractivity contribution in [3.63, 3.8) is 0 Å². The van der Waals surface area contributed by atoms with E-state index in [1.807, 2.05) is 36.4 Å². The van der Waals surface area contributed by atoms with Gasteiger partial charge in [-0.25, -0.2) is 4.98 Å². The number of carbonyl (C=O) groups is 1. The molecule has 1 aliphatic rings. The van der Waals surface area contributed by atoms with E-state index in [1.165, 1.54) is 6.20 Å². The summed E-state index contributed by atoms with van der Waals surface area (Å²) in [5.41, 5.74) is 3.20. The van der Waals surface area contributed by atoms with Crippen LogP contribution in [0.25, 0.3) is 6.08 Å². The zero-order valence-electron chi connectivity index (χ0n) is 17.8. The summed E-state index contributed by atoms with van der Waals surface area (Å²) < 4.78 is 0. The predicted molar refractivity (Wildman–Crippen MR) is 138 cm³/mol. The first-order valence-electron chi connectivity index (χ1n) is 10.6. The van der Waals surface area contributed by atoms with Crippen LogP contribution in [0.1, 0.15) is 15.9 Å². The van der Waals surface area contributed by atoms with Crippen LogP contribution in [0.15, 0.2) is 66.9 Å². The highest BCUT2D eigenvalue weighted by Crippen LogP contribution is 2.30. The summed E-state index contributed by atoms with van der Waals surface area (Å²) in [5, 5.41) is 4.70. The molecule has 0 unspecified atom stereocenters. The van der Waals surface area contributed by atoms with Crippen LogP contribution >= 0.6 is 34.8 Å². The van der Waals surface area contributed by atoms with Gasteiger partial charge in [-0.2, -0.15) is 0 Å². The Morgan fingerprint density at radius 1 is 0.939 bits per heavy atom. The van der Waals surface area contributed by atoms with Gasteiger partial charge in [0.1, 0.15) is 5.15 Å². The largest absolute Gasteiger partial charge is 0.367 e. The minimum atomic E-state index is -0.242. The third kappa shape index (κ3) is 6.49. The highest BCUT2D eigenvalue weighted by molar-refractivity contribution is 6.31. The van der Waals surface area contributed by atoms with Crippen molar-refractivity contribution in [3.8, 4) is 0 Å². The van der Waals surface area contributed by atoms with E-state index in [0.717, 1.165) is 54.7 Å². The molecule has 0 aliphatic carbocycles. The molecule has 0 atom stereocenters. The fourth-order valence-corrected chi connectivity index (χ4v) is 4.06. The van der Waals surface area contributed by atoms with E-state index in [-0.39, 0.29) is 5.91 Å². The molecular weight excluding hydrogens is 479 g/mol. The maximum Gasteiger partial charge on any atom is 0.257 e. The highest BCUT2D eigenvalue weighted by atomic mass is 35.5. The topological polar surface area (TPSA) is 48.5 Å². The number of halogens is 3. The Bertz CT molecular complexity index is 1130. The van der Waals surface area contributed by atoms with Crippen molar-refractivity contribution in [3.05, 3.63) is 93.2 Å². The number of hydrogen-bond acceptors (Lipinski definition) is 4. The summed E-state index contributed by atoms with van der Waals surface area (Å²) in [5.74, 6) is -0.242. The van der Waals surface area contributed by atoms with Crippen molar-refractivity contribution in [2.75, 3.05) is 42.9 Å². The summed E-state index contributed by atoms with van der Waals surface area (Å²) in [6, 6.07) is 16.6. The summed E-state index contributed by atoms with van der Waals surface area (Å²) in [6.07, 6.45) is 5.74. The number of pyridine rings is 1. The third-order valence-electron chi connectivity index (χ3n) is 5.45. The van der Waals surface area contributed by atoms with Gasteiger partial charge < -0.3 is 10.2 Å². The van der Waals surface area contributed by atoms with Crippen molar-refractivity contribution in [1.29, 1.82) is 0 Å². The van der Waals surface area contributed by atoms with Crippen LogP contribution in [-0.4, -0.2) is 48.5 Å². The molecule has 1 amide bonds. The first-order chi connectivity index (χ1) is 16.0. The van der Waals surface area contributed by atoms with Crippen molar-refractivity contribution in [1.82, 2.24) is 9.88 Å². The molecule has 170 valence electrons. The molecule has 1 saturated heterocycles. The Kier molecular flexibility index (Phi) is 7.89. The van der Waals surface area contributed by atoms with Gasteiger partial charge in [0, 0.05) is 49.0 Å². The molecule has 1 fully saturated rings. The fraction of sp³-hybridized carbons (Fsp3) is 0.200. The Morgan fingerprint density at radius 3 is 2.36 bits per heavy atom. The Hall–Kier alpha value is -2.57. The van der Waals surface area contributed by atoms with E-state index in [4.69, 9.17) is 34.8 Å². The molecule has 2 heterocycles. The predicted octanol–water partition coefficient (Wildman–Crippen LogP) is 6.13. The van der Waals surface area contributed by atoms with E-state index >= 15 is 0 Å². The molecule has 2 aromatic carbocycles. The van der Waals surface area contributed by atoms with Gasteiger partial charge in [0.15, 0.2) is 0 Å². The second-order valence-corrected chi connectivity index (χ2v) is 8.99. The maximum atomic E-state index is 12.7. The highest BCUT2D eigenvalue weighted by Gasteiger charge is 2.20. The summed E-state index contributed by atoms with van der Waals surface area (Å²) in [4.78, 5) is 21.3. The number of hydrogen-bond donors (Lipinski definition) is 1. The van der Waals surface area contributed by atoms with Gasteiger partial charge >= 0.3 is 0 Å². The number of piperazine rings is 1. The Morgan fingerprint density at radius 2 is 1.67 bits per heavy atom. The lowest BCUT2D eigenvalue weighted by Crippen LogP contribution is -2.46. The number of benzene rings is 2. The number of rotatable bonds is 6. The second-order valence-electron chi connectivity index (χ2n) is 7.73. The smallest absolute Gasteiger partial charge is 0.257 e. The molecule has 1 aromatic heterocycles. The number of nitrogens with zero attached hydrogens (tertiary/aromatic N) is 3. The maximum absolute atomic E-state index is 12.7. The number of anilines is 2. The zero-order chi connectivity index (χ0) is 23.2. The van der Waals surface area contributed by atoms with E-state index < -0.39 is 0 Å². The van der Waals surface area contributed by atoms with Crippen LogP contribution in [0, 0.1) is 0 Å². The van der Waals surface area contributed by atoms with Crippen LogP contribution in [0.2, 0.25) is 15.2 Å². The van der Waals surface area contributed by atoms with Gasteiger partial charge in [-0.05, 0) is 48.0 Å². The zero-order valence-corrected chi connectivity index (χ0v) is 20.1. The molecule has 4 rings (SSSR count). The second kappa shape index (κ2) is 11.0. The average molecular weight is 502 g/mol. The summed E-state index contributed by atoms with van der Waals surface area (Å²) in [7, 11) is 0. The summed E-state index contributed by atoms with van der Waals surface area (Å²) >= 11 is 18.0. The Labute approximate surface area is 208 Å². The van der Waals surface area contributed by atoms with Crippen molar-refractivity contribution in [2.45, 2.75) is 0 Å². The van der Waals surface area contributed by atoms with Crippen LogP contribution in [0.5, 0.6) is 0 Å². The molecule has 0 bridgehead atoms. The molecule has 5 nitrogen and oxygen atoms in total. The first kappa shape index (κ1) is 23.6. The molecule has 0 saturated carbocycles. The normalized spacial score (nSPS) is 14.6. The first-order valence-corrected chi connectivity index (χ1v) is 11.7. The molecule has 3 aromatic rings. The summed E-state index contributed by atoms with van der Waals surface area (Å²) in [6.45, 7) is 4.36. The van der Waals surface area contributed by atoms with Crippen LogP contribution in [0.3, 0.4) is 0 Å². The van der Waals surface area contributed by atoms with Gasteiger partial charge in [-0.1, -0.05) is 59.1 Å². The molecule has 8 heteroatoms. The monoisotopic (exact) mass is 500 g/mol. The van der Waals surface area contributed by atoms with Gasteiger partial charge in [0.05, 0.1) is 16.9 Å². The lowest BCUT2D eigenvalue weighted by Gasteiger charge is -2.36. The molecule has 33 heavy (non-hydrogen) atoms. The molecule has 0 radical (unpaired) electrons. The molecular formula is C25H23Cl3N4O. The van der Waals surface area contributed by atoms with Gasteiger partial charge in [0.2, 0.25) is 0 Å². The Balaban J connectivity index is 1.37. The van der Waals surface area contributed by atoms with Crippen LogP contribution in [-0.2, 0) is 0 Å². The fourth-order valence-electron chi connectivity index (χ4n) is 3.66. The van der Waals surface area contributed by atoms with E-state index in [9.17, 15) is 4.79 Å². The minimum absolute atomic E-state index is 0.242. The van der Waals surface area contributed by atoms with Crippen molar-refractivity contribution in [2.24, 2.45) is 0 Å². The number of nitrogens with one attached hydrogen (secondary N) is 1.